The van der Waals surface area contributed by atoms with Crippen molar-refractivity contribution in [2.24, 2.45) is 0 Å². The Labute approximate surface area is 133 Å². The number of carbonyl (C=O) groups excluding carboxylic acids is 1. The smallest absolute Gasteiger partial charge is 0.234 e. The van der Waals surface area contributed by atoms with Gasteiger partial charge in [0.15, 0.2) is 0 Å². The van der Waals surface area contributed by atoms with Gasteiger partial charge in [0.05, 0.1) is 6.54 Å². The van der Waals surface area contributed by atoms with Crippen molar-refractivity contribution in [3.05, 3.63) is 35.9 Å². The highest BCUT2D eigenvalue weighted by atomic mass is 16.2. The van der Waals surface area contributed by atoms with E-state index >= 15 is 0 Å². The van der Waals surface area contributed by atoms with Crippen molar-refractivity contribution in [2.75, 3.05) is 45.8 Å². The van der Waals surface area contributed by atoms with E-state index in [0.717, 1.165) is 39.3 Å². The van der Waals surface area contributed by atoms with Gasteiger partial charge in [-0.15, -0.1) is 0 Å². The van der Waals surface area contributed by atoms with Gasteiger partial charge in [-0.1, -0.05) is 37.3 Å². The van der Waals surface area contributed by atoms with Crippen LogP contribution in [0.5, 0.6) is 0 Å². The number of nitrogens with one attached hydrogen (secondary N) is 1. The molecule has 120 valence electrons. The van der Waals surface area contributed by atoms with Crippen LogP contribution in [0, 0.1) is 0 Å². The molecule has 1 heterocycles. The van der Waals surface area contributed by atoms with Crippen molar-refractivity contribution < 1.29 is 4.79 Å². The van der Waals surface area contributed by atoms with Crippen molar-refractivity contribution in [2.45, 2.75) is 25.2 Å². The fourth-order valence-electron chi connectivity index (χ4n) is 3.30. The Morgan fingerprint density at radius 1 is 1.09 bits per heavy atom. The van der Waals surface area contributed by atoms with Crippen LogP contribution in [0.15, 0.2) is 30.3 Å². The topological polar surface area (TPSA) is 35.6 Å². The number of hydrogen-bond acceptors (Lipinski definition) is 3. The quantitative estimate of drug-likeness (QED) is 0.864. The second-order valence-electron chi connectivity index (χ2n) is 6.63. The van der Waals surface area contributed by atoms with E-state index in [1.54, 1.807) is 0 Å². The maximum atomic E-state index is 12.2. The summed E-state index contributed by atoms with van der Waals surface area (Å²) in [6, 6.07) is 10.6. The molecule has 22 heavy (non-hydrogen) atoms. The summed E-state index contributed by atoms with van der Waals surface area (Å²) < 4.78 is 0. The minimum Gasteiger partial charge on any atom is -0.354 e. The minimum absolute atomic E-state index is 0.173. The van der Waals surface area contributed by atoms with Gasteiger partial charge in [0.1, 0.15) is 0 Å². The third-order valence-electron chi connectivity index (χ3n) is 5.14. The molecule has 0 bridgehead atoms. The molecule has 1 aliphatic heterocycles. The van der Waals surface area contributed by atoms with Crippen LogP contribution in [-0.2, 0) is 10.2 Å². The summed E-state index contributed by atoms with van der Waals surface area (Å²) >= 11 is 0. The highest BCUT2D eigenvalue weighted by molar-refractivity contribution is 5.78. The monoisotopic (exact) mass is 301 g/mol. The summed E-state index contributed by atoms with van der Waals surface area (Å²) in [5, 5.41) is 3.16. The molecule has 0 aromatic heterocycles. The Kier molecular flexibility index (Phi) is 4.79. The Hall–Kier alpha value is -1.39. The van der Waals surface area contributed by atoms with Gasteiger partial charge in [-0.2, -0.15) is 0 Å². The van der Waals surface area contributed by atoms with Gasteiger partial charge in [-0.3, -0.25) is 9.69 Å². The standard InChI is InChI=1S/C18H27N3O/c1-2-20-10-12-21(13-11-20)14-17(22)19-15-18(8-9-18)16-6-4-3-5-7-16/h3-7H,2,8-15H2,1H3,(H,19,22). The third-order valence-corrected chi connectivity index (χ3v) is 5.14. The normalized spacial score (nSPS) is 21.5. The zero-order valence-electron chi connectivity index (χ0n) is 13.6. The van der Waals surface area contributed by atoms with Gasteiger partial charge in [-0.05, 0) is 24.9 Å². The van der Waals surface area contributed by atoms with Crippen LogP contribution in [0.25, 0.3) is 0 Å². The zero-order chi connectivity index (χ0) is 15.4. The number of amides is 1. The molecule has 1 amide bonds. The molecule has 0 atom stereocenters. The largest absolute Gasteiger partial charge is 0.354 e. The van der Waals surface area contributed by atoms with Crippen LogP contribution in [0.4, 0.5) is 0 Å². The SMILES string of the molecule is CCN1CCN(CC(=O)NCC2(c3ccccc3)CC2)CC1. The Bertz CT molecular complexity index is 490. The summed E-state index contributed by atoms with van der Waals surface area (Å²) in [6.07, 6.45) is 2.37. The molecular weight excluding hydrogens is 274 g/mol. The highest BCUT2D eigenvalue weighted by Crippen LogP contribution is 2.47. The number of hydrogen-bond donors (Lipinski definition) is 1. The van der Waals surface area contributed by atoms with Crippen LogP contribution in [0.1, 0.15) is 25.3 Å². The van der Waals surface area contributed by atoms with E-state index < -0.39 is 0 Å². The molecule has 4 nitrogen and oxygen atoms in total. The Morgan fingerprint density at radius 2 is 1.73 bits per heavy atom. The Balaban J connectivity index is 1.43. The second-order valence-corrected chi connectivity index (χ2v) is 6.63. The lowest BCUT2D eigenvalue weighted by Crippen LogP contribution is -2.49. The van der Waals surface area contributed by atoms with Crippen LogP contribution in [0.3, 0.4) is 0 Å². The molecule has 2 fully saturated rings. The van der Waals surface area contributed by atoms with Gasteiger partial charge in [0, 0.05) is 38.1 Å². The molecule has 1 aromatic rings. The lowest BCUT2D eigenvalue weighted by molar-refractivity contribution is -0.122. The van der Waals surface area contributed by atoms with Gasteiger partial charge >= 0.3 is 0 Å². The van der Waals surface area contributed by atoms with E-state index in [2.05, 4.69) is 46.3 Å². The van der Waals surface area contributed by atoms with E-state index in [4.69, 9.17) is 0 Å². The highest BCUT2D eigenvalue weighted by Gasteiger charge is 2.44. The lowest BCUT2D eigenvalue weighted by atomic mass is 9.96. The molecule has 0 unspecified atom stereocenters. The first kappa shape index (κ1) is 15.5. The molecule has 1 N–H and O–H groups in total. The second kappa shape index (κ2) is 6.80. The molecule has 4 heteroatoms. The van der Waals surface area contributed by atoms with E-state index in [0.29, 0.717) is 6.54 Å². The predicted octanol–water partition coefficient (Wildman–Crippen LogP) is 1.47. The molecule has 0 radical (unpaired) electrons. The maximum absolute atomic E-state index is 12.2. The fourth-order valence-corrected chi connectivity index (χ4v) is 3.30. The summed E-state index contributed by atoms with van der Waals surface area (Å²) in [7, 11) is 0. The number of carbonyl (C=O) groups is 1. The predicted molar refractivity (Wildman–Crippen MR) is 88.9 cm³/mol. The van der Waals surface area contributed by atoms with E-state index in [-0.39, 0.29) is 11.3 Å². The van der Waals surface area contributed by atoms with Crippen LogP contribution in [0.2, 0.25) is 0 Å². The fraction of sp³-hybridized carbons (Fsp3) is 0.611. The van der Waals surface area contributed by atoms with E-state index in [9.17, 15) is 4.79 Å². The van der Waals surface area contributed by atoms with Crippen molar-refractivity contribution in [1.29, 1.82) is 0 Å². The molecule has 1 saturated carbocycles. The first-order chi connectivity index (χ1) is 10.7. The van der Waals surface area contributed by atoms with Crippen molar-refractivity contribution in [3.8, 4) is 0 Å². The summed E-state index contributed by atoms with van der Waals surface area (Å²) in [5.74, 6) is 0.173. The van der Waals surface area contributed by atoms with Gasteiger partial charge in [0.25, 0.3) is 0 Å². The van der Waals surface area contributed by atoms with Crippen LogP contribution < -0.4 is 5.32 Å². The summed E-state index contributed by atoms with van der Waals surface area (Å²) in [4.78, 5) is 16.9. The Morgan fingerprint density at radius 3 is 2.32 bits per heavy atom. The number of rotatable bonds is 6. The van der Waals surface area contributed by atoms with Crippen molar-refractivity contribution in [3.63, 3.8) is 0 Å². The minimum atomic E-state index is 0.173. The average Bonchev–Trinajstić information content (AvgIpc) is 3.36. The number of piperazine rings is 1. The molecule has 0 spiro atoms. The summed E-state index contributed by atoms with van der Waals surface area (Å²) in [6.45, 7) is 8.81. The number of nitrogens with zero attached hydrogens (tertiary/aromatic N) is 2. The van der Waals surface area contributed by atoms with Crippen LogP contribution in [-0.4, -0.2) is 61.5 Å². The third kappa shape index (κ3) is 3.68. The molecule has 2 aliphatic rings. The van der Waals surface area contributed by atoms with Gasteiger partial charge < -0.3 is 10.2 Å². The lowest BCUT2D eigenvalue weighted by Gasteiger charge is -2.33. The summed E-state index contributed by atoms with van der Waals surface area (Å²) in [5.41, 5.74) is 1.57. The first-order valence-corrected chi connectivity index (χ1v) is 8.49. The van der Waals surface area contributed by atoms with E-state index in [1.807, 2.05) is 6.07 Å². The average molecular weight is 301 g/mol. The zero-order valence-corrected chi connectivity index (χ0v) is 13.6. The van der Waals surface area contributed by atoms with Crippen molar-refractivity contribution in [1.82, 2.24) is 15.1 Å². The molecule has 3 rings (SSSR count). The molecule has 1 aliphatic carbocycles. The molecule has 1 saturated heterocycles. The van der Waals surface area contributed by atoms with Gasteiger partial charge in [0.2, 0.25) is 5.91 Å². The molecule has 1 aromatic carbocycles. The molecular formula is C18H27N3O. The van der Waals surface area contributed by atoms with Crippen molar-refractivity contribution >= 4 is 5.91 Å². The van der Waals surface area contributed by atoms with Gasteiger partial charge in [-0.25, -0.2) is 0 Å². The number of benzene rings is 1. The van der Waals surface area contributed by atoms with E-state index in [1.165, 1.54) is 18.4 Å². The van der Waals surface area contributed by atoms with Crippen LogP contribution >= 0.6 is 0 Å². The maximum Gasteiger partial charge on any atom is 0.234 e. The number of likely N-dealkylation sites (N-methyl/N-ethyl adjacent to an activating group) is 1. The first-order valence-electron chi connectivity index (χ1n) is 8.49.